The maximum absolute atomic E-state index is 6.25. The third kappa shape index (κ3) is 3.84. The van der Waals surface area contributed by atoms with Crippen molar-refractivity contribution in [2.24, 2.45) is 0 Å². The zero-order valence-corrected chi connectivity index (χ0v) is 13.3. The van der Waals surface area contributed by atoms with Crippen LogP contribution in [-0.4, -0.2) is 15.1 Å². The number of aryl methyl sites for hydroxylation is 1. The van der Waals surface area contributed by atoms with Gasteiger partial charge in [-0.05, 0) is 39.3 Å². The van der Waals surface area contributed by atoms with Gasteiger partial charge in [-0.2, -0.15) is 0 Å². The molecular weight excluding hydrogens is 270 g/mol. The second-order valence-electron chi connectivity index (χ2n) is 6.08. The van der Waals surface area contributed by atoms with Crippen LogP contribution in [0.15, 0.2) is 30.5 Å². The van der Waals surface area contributed by atoms with E-state index in [-0.39, 0.29) is 5.54 Å². The molecule has 0 amide bonds. The third-order valence-electron chi connectivity index (χ3n) is 3.22. The first-order valence-corrected chi connectivity index (χ1v) is 7.24. The SMILES string of the molecule is Cc1ncc(CNC(C)(C)C)n1Cc1ccccc1Cl. The molecule has 3 nitrogen and oxygen atoms in total. The monoisotopic (exact) mass is 291 g/mol. The van der Waals surface area contributed by atoms with E-state index in [0.717, 1.165) is 29.5 Å². The molecule has 0 aliphatic heterocycles. The van der Waals surface area contributed by atoms with Gasteiger partial charge in [-0.25, -0.2) is 4.98 Å². The van der Waals surface area contributed by atoms with Gasteiger partial charge in [0.15, 0.2) is 0 Å². The fraction of sp³-hybridized carbons (Fsp3) is 0.438. The van der Waals surface area contributed by atoms with Gasteiger partial charge in [0.2, 0.25) is 0 Å². The van der Waals surface area contributed by atoms with Gasteiger partial charge in [0.1, 0.15) is 5.82 Å². The summed E-state index contributed by atoms with van der Waals surface area (Å²) in [5, 5.41) is 4.30. The fourth-order valence-corrected chi connectivity index (χ4v) is 2.22. The lowest BCUT2D eigenvalue weighted by atomic mass is 10.1. The number of aromatic nitrogens is 2. The molecule has 0 saturated carbocycles. The molecule has 1 aromatic carbocycles. The van der Waals surface area contributed by atoms with E-state index in [2.05, 4.69) is 41.7 Å². The quantitative estimate of drug-likeness (QED) is 0.929. The highest BCUT2D eigenvalue weighted by atomic mass is 35.5. The van der Waals surface area contributed by atoms with E-state index in [1.165, 1.54) is 5.69 Å². The predicted molar refractivity (Wildman–Crippen MR) is 84.1 cm³/mol. The summed E-state index contributed by atoms with van der Waals surface area (Å²) in [7, 11) is 0. The summed E-state index contributed by atoms with van der Waals surface area (Å²) >= 11 is 6.25. The zero-order valence-electron chi connectivity index (χ0n) is 12.6. The number of halogens is 1. The van der Waals surface area contributed by atoms with Crippen LogP contribution in [0.5, 0.6) is 0 Å². The molecule has 2 aromatic rings. The Morgan fingerprint density at radius 3 is 2.60 bits per heavy atom. The first-order chi connectivity index (χ1) is 9.37. The van der Waals surface area contributed by atoms with Gasteiger partial charge < -0.3 is 9.88 Å². The highest BCUT2D eigenvalue weighted by molar-refractivity contribution is 6.31. The van der Waals surface area contributed by atoms with Crippen LogP contribution in [0.2, 0.25) is 5.02 Å². The highest BCUT2D eigenvalue weighted by Gasteiger charge is 2.13. The van der Waals surface area contributed by atoms with Gasteiger partial charge >= 0.3 is 0 Å². The van der Waals surface area contributed by atoms with Crippen LogP contribution in [0.1, 0.15) is 37.9 Å². The van der Waals surface area contributed by atoms with Crippen molar-refractivity contribution in [2.75, 3.05) is 0 Å². The van der Waals surface area contributed by atoms with Crippen molar-refractivity contribution in [3.05, 3.63) is 52.6 Å². The lowest BCUT2D eigenvalue weighted by molar-refractivity contribution is 0.416. The molecule has 0 spiro atoms. The molecular formula is C16H22ClN3. The Kier molecular flexibility index (Phi) is 4.51. The second-order valence-corrected chi connectivity index (χ2v) is 6.49. The fourth-order valence-electron chi connectivity index (χ4n) is 2.02. The van der Waals surface area contributed by atoms with Crippen LogP contribution in [0.25, 0.3) is 0 Å². The van der Waals surface area contributed by atoms with Gasteiger partial charge in [0.25, 0.3) is 0 Å². The standard InChI is InChI=1S/C16H22ClN3/c1-12-18-9-14(10-19-16(2,3)4)20(12)11-13-7-5-6-8-15(13)17/h5-9,19H,10-11H2,1-4H3. The van der Waals surface area contributed by atoms with E-state index >= 15 is 0 Å². The average Bonchev–Trinajstić information content (AvgIpc) is 2.70. The van der Waals surface area contributed by atoms with Crippen LogP contribution in [-0.2, 0) is 13.1 Å². The van der Waals surface area contributed by atoms with Gasteiger partial charge in [0.05, 0.1) is 12.2 Å². The van der Waals surface area contributed by atoms with E-state index in [4.69, 9.17) is 11.6 Å². The Balaban J connectivity index is 2.19. The summed E-state index contributed by atoms with van der Waals surface area (Å²) < 4.78 is 2.21. The molecule has 4 heteroatoms. The summed E-state index contributed by atoms with van der Waals surface area (Å²) in [6, 6.07) is 7.95. The average molecular weight is 292 g/mol. The molecule has 20 heavy (non-hydrogen) atoms. The molecule has 0 saturated heterocycles. The smallest absolute Gasteiger partial charge is 0.106 e. The van der Waals surface area contributed by atoms with Crippen molar-refractivity contribution < 1.29 is 0 Å². The Labute approximate surface area is 126 Å². The van der Waals surface area contributed by atoms with E-state index < -0.39 is 0 Å². The number of hydrogen-bond acceptors (Lipinski definition) is 2. The molecule has 0 bridgehead atoms. The molecule has 1 aromatic heterocycles. The molecule has 108 valence electrons. The van der Waals surface area contributed by atoms with Crippen LogP contribution in [0, 0.1) is 6.92 Å². The first kappa shape index (κ1) is 15.1. The predicted octanol–water partition coefficient (Wildman–Crippen LogP) is 3.78. The van der Waals surface area contributed by atoms with Gasteiger partial charge in [-0.1, -0.05) is 29.8 Å². The Hall–Kier alpha value is -1.32. The van der Waals surface area contributed by atoms with Crippen molar-refractivity contribution in [3.63, 3.8) is 0 Å². The minimum absolute atomic E-state index is 0.0907. The maximum Gasteiger partial charge on any atom is 0.106 e. The molecule has 0 fully saturated rings. The number of imidazole rings is 1. The molecule has 2 rings (SSSR count). The van der Waals surface area contributed by atoms with Crippen molar-refractivity contribution in [1.82, 2.24) is 14.9 Å². The molecule has 1 heterocycles. The minimum Gasteiger partial charge on any atom is -0.327 e. The van der Waals surface area contributed by atoms with Crippen molar-refractivity contribution >= 4 is 11.6 Å². The van der Waals surface area contributed by atoms with Crippen LogP contribution in [0.4, 0.5) is 0 Å². The molecule has 0 atom stereocenters. The number of nitrogens with zero attached hydrogens (tertiary/aromatic N) is 2. The minimum atomic E-state index is 0.0907. The number of hydrogen-bond donors (Lipinski definition) is 1. The molecule has 0 radical (unpaired) electrons. The van der Waals surface area contributed by atoms with Crippen molar-refractivity contribution in [1.29, 1.82) is 0 Å². The summed E-state index contributed by atoms with van der Waals surface area (Å²) in [6.45, 7) is 10.1. The van der Waals surface area contributed by atoms with Crippen molar-refractivity contribution in [2.45, 2.75) is 46.3 Å². The summed E-state index contributed by atoms with van der Waals surface area (Å²) in [5.74, 6) is 1.01. The van der Waals surface area contributed by atoms with Crippen molar-refractivity contribution in [3.8, 4) is 0 Å². The number of benzene rings is 1. The van der Waals surface area contributed by atoms with E-state index in [9.17, 15) is 0 Å². The highest BCUT2D eigenvalue weighted by Crippen LogP contribution is 2.18. The topological polar surface area (TPSA) is 29.9 Å². The van der Waals surface area contributed by atoms with Gasteiger partial charge in [-0.3, -0.25) is 0 Å². The summed E-state index contributed by atoms with van der Waals surface area (Å²) in [5.41, 5.74) is 2.39. The van der Waals surface area contributed by atoms with E-state index in [0.29, 0.717) is 0 Å². The number of nitrogens with one attached hydrogen (secondary N) is 1. The molecule has 0 aliphatic carbocycles. The lowest BCUT2D eigenvalue weighted by Gasteiger charge is -2.21. The molecule has 1 N–H and O–H groups in total. The van der Waals surface area contributed by atoms with Gasteiger partial charge in [0, 0.05) is 23.3 Å². The van der Waals surface area contributed by atoms with Crippen LogP contribution < -0.4 is 5.32 Å². The van der Waals surface area contributed by atoms with E-state index in [1.54, 1.807) is 0 Å². The largest absolute Gasteiger partial charge is 0.327 e. The maximum atomic E-state index is 6.25. The summed E-state index contributed by atoms with van der Waals surface area (Å²) in [4.78, 5) is 4.42. The normalized spacial score (nSPS) is 11.8. The third-order valence-corrected chi connectivity index (χ3v) is 3.59. The first-order valence-electron chi connectivity index (χ1n) is 6.86. The zero-order chi connectivity index (χ0) is 14.8. The lowest BCUT2D eigenvalue weighted by Crippen LogP contribution is -2.35. The molecule has 0 aliphatic rings. The Bertz CT molecular complexity index is 582. The van der Waals surface area contributed by atoms with Crippen LogP contribution >= 0.6 is 11.6 Å². The molecule has 0 unspecified atom stereocenters. The van der Waals surface area contributed by atoms with E-state index in [1.807, 2.05) is 31.3 Å². The van der Waals surface area contributed by atoms with Crippen LogP contribution in [0.3, 0.4) is 0 Å². The second kappa shape index (κ2) is 5.98. The van der Waals surface area contributed by atoms with Gasteiger partial charge in [-0.15, -0.1) is 0 Å². The summed E-state index contributed by atoms with van der Waals surface area (Å²) in [6.07, 6.45) is 1.94. The number of rotatable bonds is 4. The Morgan fingerprint density at radius 1 is 1.25 bits per heavy atom. The Morgan fingerprint density at radius 2 is 1.95 bits per heavy atom.